The molecular formula is C15H20ClN5O. The Morgan fingerprint density at radius 1 is 1.45 bits per heavy atom. The molecule has 0 bridgehead atoms. The van der Waals surface area contributed by atoms with Gasteiger partial charge in [0.2, 0.25) is 5.89 Å². The van der Waals surface area contributed by atoms with Gasteiger partial charge in [-0.1, -0.05) is 28.9 Å². The summed E-state index contributed by atoms with van der Waals surface area (Å²) < 4.78 is 5.07. The minimum absolute atomic E-state index is 0.350. The maximum absolute atomic E-state index is 6.02. The predicted octanol–water partition coefficient (Wildman–Crippen LogP) is 2.63. The summed E-state index contributed by atoms with van der Waals surface area (Å²) in [6, 6.07) is 7.79. The van der Waals surface area contributed by atoms with Gasteiger partial charge in [0.15, 0.2) is 11.8 Å². The Balaban J connectivity index is 2.05. The van der Waals surface area contributed by atoms with E-state index >= 15 is 0 Å². The van der Waals surface area contributed by atoms with Crippen molar-refractivity contribution < 1.29 is 4.52 Å². The van der Waals surface area contributed by atoms with Gasteiger partial charge in [0.05, 0.1) is 0 Å². The summed E-state index contributed by atoms with van der Waals surface area (Å²) in [6.45, 7) is 5.65. The van der Waals surface area contributed by atoms with Gasteiger partial charge in [-0.2, -0.15) is 4.98 Å². The van der Waals surface area contributed by atoms with E-state index in [2.05, 4.69) is 20.4 Å². The molecular weight excluding hydrogens is 302 g/mol. The van der Waals surface area contributed by atoms with Gasteiger partial charge in [-0.25, -0.2) is 4.99 Å². The third kappa shape index (κ3) is 4.73. The first-order valence-electron chi connectivity index (χ1n) is 7.11. The quantitative estimate of drug-likeness (QED) is 0.677. The zero-order valence-corrected chi connectivity index (χ0v) is 13.8. The Bertz CT molecular complexity index is 640. The lowest BCUT2D eigenvalue weighted by atomic mass is 10.2. The number of rotatable bonds is 5. The number of aliphatic imine (C=N–C) groups is 1. The summed E-state index contributed by atoms with van der Waals surface area (Å²) >= 11 is 6.02. The van der Waals surface area contributed by atoms with Gasteiger partial charge in [0, 0.05) is 25.2 Å². The van der Waals surface area contributed by atoms with Gasteiger partial charge in [-0.05, 0) is 31.5 Å². The van der Waals surface area contributed by atoms with Crippen LogP contribution < -0.4 is 5.32 Å². The van der Waals surface area contributed by atoms with E-state index in [9.17, 15) is 0 Å². The van der Waals surface area contributed by atoms with Crippen LogP contribution >= 0.6 is 11.6 Å². The molecule has 118 valence electrons. The van der Waals surface area contributed by atoms with Crippen LogP contribution in [0.2, 0.25) is 5.02 Å². The van der Waals surface area contributed by atoms with E-state index in [1.54, 1.807) is 6.92 Å². The highest BCUT2D eigenvalue weighted by Gasteiger charge is 2.08. The second kappa shape index (κ2) is 7.79. The van der Waals surface area contributed by atoms with E-state index in [0.717, 1.165) is 23.1 Å². The van der Waals surface area contributed by atoms with Crippen LogP contribution in [0.15, 0.2) is 33.8 Å². The van der Waals surface area contributed by atoms with Crippen molar-refractivity contribution in [3.05, 3.63) is 46.6 Å². The lowest BCUT2D eigenvalue weighted by Crippen LogP contribution is -2.38. The zero-order chi connectivity index (χ0) is 15.9. The average Bonchev–Trinajstić information content (AvgIpc) is 2.89. The van der Waals surface area contributed by atoms with E-state index in [1.165, 1.54) is 0 Å². The van der Waals surface area contributed by atoms with Gasteiger partial charge >= 0.3 is 0 Å². The average molecular weight is 322 g/mol. The van der Waals surface area contributed by atoms with Gasteiger partial charge in [-0.3, -0.25) is 0 Å². The number of guanidine groups is 1. The number of aromatic nitrogens is 2. The highest BCUT2D eigenvalue weighted by atomic mass is 35.5. The zero-order valence-electron chi connectivity index (χ0n) is 13.0. The molecule has 0 radical (unpaired) electrons. The van der Waals surface area contributed by atoms with Crippen molar-refractivity contribution >= 4 is 17.6 Å². The molecule has 0 saturated carbocycles. The van der Waals surface area contributed by atoms with Crippen LogP contribution in [0.4, 0.5) is 0 Å². The van der Waals surface area contributed by atoms with Gasteiger partial charge < -0.3 is 14.7 Å². The van der Waals surface area contributed by atoms with E-state index in [0.29, 0.717) is 24.8 Å². The van der Waals surface area contributed by atoms with Gasteiger partial charge in [-0.15, -0.1) is 0 Å². The molecule has 0 atom stereocenters. The Labute approximate surface area is 135 Å². The highest BCUT2D eigenvalue weighted by molar-refractivity contribution is 6.30. The number of hydrogen-bond acceptors (Lipinski definition) is 4. The maximum Gasteiger partial charge on any atom is 0.248 e. The first-order valence-corrected chi connectivity index (χ1v) is 7.49. The van der Waals surface area contributed by atoms with Crippen LogP contribution in [-0.2, 0) is 13.1 Å². The fraction of sp³-hybridized carbons (Fsp3) is 0.400. The number of nitrogens with one attached hydrogen (secondary N) is 1. The Hall–Kier alpha value is -2.08. The Kier molecular flexibility index (Phi) is 5.77. The fourth-order valence-corrected chi connectivity index (χ4v) is 2.21. The smallest absolute Gasteiger partial charge is 0.248 e. The minimum Gasteiger partial charge on any atom is -0.357 e. The van der Waals surface area contributed by atoms with Crippen LogP contribution in [-0.4, -0.2) is 34.6 Å². The third-order valence-electron chi connectivity index (χ3n) is 2.94. The maximum atomic E-state index is 6.02. The Morgan fingerprint density at radius 3 is 2.91 bits per heavy atom. The number of nitrogens with zero attached hydrogens (tertiary/aromatic N) is 4. The van der Waals surface area contributed by atoms with Crippen molar-refractivity contribution in [2.75, 3.05) is 13.6 Å². The molecule has 0 fully saturated rings. The Morgan fingerprint density at radius 2 is 2.27 bits per heavy atom. The number of hydrogen-bond donors (Lipinski definition) is 1. The summed E-state index contributed by atoms with van der Waals surface area (Å²) in [7, 11) is 1.97. The molecule has 1 aromatic heterocycles. The summed E-state index contributed by atoms with van der Waals surface area (Å²) in [5.74, 6) is 1.89. The first kappa shape index (κ1) is 16.3. The molecule has 0 unspecified atom stereocenters. The van der Waals surface area contributed by atoms with Crippen molar-refractivity contribution in [2.45, 2.75) is 26.9 Å². The molecule has 7 heteroatoms. The number of benzene rings is 1. The molecule has 2 aromatic rings. The first-order chi connectivity index (χ1) is 10.6. The SMILES string of the molecule is CCNC(=NCc1nc(C)no1)N(C)Cc1cccc(Cl)c1. The van der Waals surface area contributed by atoms with Crippen molar-refractivity contribution in [1.29, 1.82) is 0 Å². The second-order valence-corrected chi connectivity index (χ2v) is 5.33. The molecule has 2 rings (SSSR count). The summed E-state index contributed by atoms with van der Waals surface area (Å²) in [5, 5.41) is 7.74. The molecule has 0 saturated heterocycles. The molecule has 1 N–H and O–H groups in total. The standard InChI is InChI=1S/C15H20ClN5O/c1-4-17-15(18-9-14-19-11(2)20-22-14)21(3)10-12-6-5-7-13(16)8-12/h5-8H,4,9-10H2,1-3H3,(H,17,18). The lowest BCUT2D eigenvalue weighted by Gasteiger charge is -2.22. The monoisotopic (exact) mass is 321 g/mol. The molecule has 0 aliphatic carbocycles. The molecule has 0 aliphatic heterocycles. The van der Waals surface area contributed by atoms with Crippen LogP contribution in [0.1, 0.15) is 24.2 Å². The van der Waals surface area contributed by atoms with E-state index in [4.69, 9.17) is 16.1 Å². The topological polar surface area (TPSA) is 66.5 Å². The van der Waals surface area contributed by atoms with Gasteiger partial charge in [0.1, 0.15) is 6.54 Å². The van der Waals surface area contributed by atoms with E-state index in [1.807, 2.05) is 43.1 Å². The molecule has 0 spiro atoms. The number of aryl methyl sites for hydroxylation is 1. The van der Waals surface area contributed by atoms with Crippen LogP contribution in [0.3, 0.4) is 0 Å². The van der Waals surface area contributed by atoms with Crippen LogP contribution in [0.25, 0.3) is 0 Å². The van der Waals surface area contributed by atoms with Crippen molar-refractivity contribution in [2.24, 2.45) is 4.99 Å². The lowest BCUT2D eigenvalue weighted by molar-refractivity contribution is 0.375. The van der Waals surface area contributed by atoms with Crippen molar-refractivity contribution in [1.82, 2.24) is 20.4 Å². The normalized spacial score (nSPS) is 11.5. The predicted molar refractivity (Wildman–Crippen MR) is 86.8 cm³/mol. The largest absolute Gasteiger partial charge is 0.357 e. The van der Waals surface area contributed by atoms with E-state index < -0.39 is 0 Å². The molecule has 0 amide bonds. The third-order valence-corrected chi connectivity index (χ3v) is 3.17. The summed E-state index contributed by atoms with van der Waals surface area (Å²) in [6.07, 6.45) is 0. The summed E-state index contributed by atoms with van der Waals surface area (Å²) in [4.78, 5) is 10.7. The van der Waals surface area contributed by atoms with Crippen LogP contribution in [0, 0.1) is 6.92 Å². The highest BCUT2D eigenvalue weighted by Crippen LogP contribution is 2.12. The molecule has 6 nitrogen and oxygen atoms in total. The van der Waals surface area contributed by atoms with E-state index in [-0.39, 0.29) is 0 Å². The number of halogens is 1. The van der Waals surface area contributed by atoms with Crippen LogP contribution in [0.5, 0.6) is 0 Å². The second-order valence-electron chi connectivity index (χ2n) is 4.89. The molecule has 1 heterocycles. The molecule has 22 heavy (non-hydrogen) atoms. The molecule has 1 aromatic carbocycles. The fourth-order valence-electron chi connectivity index (χ4n) is 2.00. The van der Waals surface area contributed by atoms with Crippen molar-refractivity contribution in [3.63, 3.8) is 0 Å². The molecule has 0 aliphatic rings. The summed E-state index contributed by atoms with van der Waals surface area (Å²) in [5.41, 5.74) is 1.12. The van der Waals surface area contributed by atoms with Gasteiger partial charge in [0.25, 0.3) is 0 Å². The minimum atomic E-state index is 0.350. The van der Waals surface area contributed by atoms with Crippen molar-refractivity contribution in [3.8, 4) is 0 Å².